The van der Waals surface area contributed by atoms with E-state index in [1.807, 2.05) is 21.8 Å². The molecule has 0 unspecified atom stereocenters. The van der Waals surface area contributed by atoms with Crippen LogP contribution in [0.25, 0.3) is 0 Å². The van der Waals surface area contributed by atoms with Crippen LogP contribution in [0.2, 0.25) is 0 Å². The monoisotopic (exact) mass is 640 g/mol. The summed E-state index contributed by atoms with van der Waals surface area (Å²) in [6, 6.07) is 0. The number of hydrogen-bond donors (Lipinski definition) is 0. The number of rotatable bonds is 2. The maximum absolute atomic E-state index is 13.2. The summed E-state index contributed by atoms with van der Waals surface area (Å²) in [4.78, 5) is 0. The molecule has 0 bridgehead atoms. The van der Waals surface area contributed by atoms with Gasteiger partial charge in [-0.15, -0.1) is 0 Å². The van der Waals surface area contributed by atoms with Crippen LogP contribution in [0.5, 0.6) is 0 Å². The lowest BCUT2D eigenvalue weighted by Crippen LogP contribution is -2.25. The molecule has 0 N–H and O–H groups in total. The molecule has 2 aromatic rings. The Labute approximate surface area is 228 Å². The van der Waals surface area contributed by atoms with Crippen LogP contribution in [0.15, 0.2) is 21.3 Å². The minimum Gasteiger partial charge on any atom is -0.266 e. The lowest BCUT2D eigenvalue weighted by molar-refractivity contribution is -0.0391. The molecule has 2 fully saturated rings. The first-order valence-corrected chi connectivity index (χ1v) is 14.2. The van der Waals surface area contributed by atoms with Crippen LogP contribution in [0.3, 0.4) is 0 Å². The summed E-state index contributed by atoms with van der Waals surface area (Å²) in [5.74, 6) is -4.64. The van der Waals surface area contributed by atoms with Crippen molar-refractivity contribution in [1.29, 1.82) is 0 Å². The molecule has 0 aliphatic heterocycles. The summed E-state index contributed by atoms with van der Waals surface area (Å²) in [7, 11) is 0. The standard InChI is InChI=1S/2C13H19BrF2N2/c2*1-12(2,3)18-8-10(14)11(17-18)9-4-6-13(15,16)7-5-9/h2*8-9H,4-7H2,1-3H3. The number of alkyl halides is 4. The van der Waals surface area contributed by atoms with E-state index in [1.165, 1.54) is 0 Å². The molecular weight excluding hydrogens is 604 g/mol. The van der Waals surface area contributed by atoms with Gasteiger partial charge < -0.3 is 0 Å². The quantitative estimate of drug-likeness (QED) is 0.306. The van der Waals surface area contributed by atoms with Gasteiger partial charge in [-0.1, -0.05) is 0 Å². The van der Waals surface area contributed by atoms with Crippen molar-refractivity contribution in [3.05, 3.63) is 32.7 Å². The summed E-state index contributed by atoms with van der Waals surface area (Å²) >= 11 is 7.01. The Morgan fingerprint density at radius 2 is 0.944 bits per heavy atom. The first-order valence-electron chi connectivity index (χ1n) is 12.6. The van der Waals surface area contributed by atoms with Gasteiger partial charge in [-0.05, 0) is 99.1 Å². The predicted molar refractivity (Wildman–Crippen MR) is 142 cm³/mol. The minimum absolute atomic E-state index is 0.0213. The van der Waals surface area contributed by atoms with E-state index in [0.29, 0.717) is 25.7 Å². The topological polar surface area (TPSA) is 35.6 Å². The van der Waals surface area contributed by atoms with Gasteiger partial charge in [0.2, 0.25) is 11.8 Å². The van der Waals surface area contributed by atoms with Gasteiger partial charge in [-0.3, -0.25) is 9.36 Å². The third kappa shape index (κ3) is 7.58. The molecular formula is C26H38Br2F4N4. The summed E-state index contributed by atoms with van der Waals surface area (Å²) < 4.78 is 58.3. The van der Waals surface area contributed by atoms with Crippen molar-refractivity contribution in [1.82, 2.24) is 19.6 Å². The summed E-state index contributed by atoms with van der Waals surface area (Å²) in [6.07, 6.45) is 5.89. The van der Waals surface area contributed by atoms with Crippen LogP contribution in [0.1, 0.15) is 116 Å². The lowest BCUT2D eigenvalue weighted by Gasteiger charge is -2.27. The number of halogens is 6. The molecule has 4 nitrogen and oxygen atoms in total. The molecule has 2 aliphatic rings. The molecule has 0 atom stereocenters. The minimum atomic E-state index is -2.48. The second kappa shape index (κ2) is 10.7. The smallest absolute Gasteiger partial charge is 0.248 e. The van der Waals surface area contributed by atoms with Crippen molar-refractivity contribution in [3.63, 3.8) is 0 Å². The third-order valence-corrected chi connectivity index (χ3v) is 8.20. The van der Waals surface area contributed by atoms with Gasteiger partial charge in [0, 0.05) is 49.9 Å². The number of hydrogen-bond acceptors (Lipinski definition) is 2. The van der Waals surface area contributed by atoms with E-state index in [-0.39, 0.29) is 48.6 Å². The van der Waals surface area contributed by atoms with E-state index < -0.39 is 11.8 Å². The second-order valence-electron chi connectivity index (χ2n) is 12.2. The number of aromatic nitrogens is 4. The van der Waals surface area contributed by atoms with Crippen LogP contribution in [0, 0.1) is 0 Å². The maximum Gasteiger partial charge on any atom is 0.248 e. The van der Waals surface area contributed by atoms with E-state index in [2.05, 4.69) is 83.6 Å². The summed E-state index contributed by atoms with van der Waals surface area (Å²) in [5, 5.41) is 9.15. The van der Waals surface area contributed by atoms with Crippen LogP contribution in [0.4, 0.5) is 17.6 Å². The fourth-order valence-corrected chi connectivity index (χ4v) is 5.79. The van der Waals surface area contributed by atoms with E-state index in [4.69, 9.17) is 0 Å². The Morgan fingerprint density at radius 1 is 0.667 bits per heavy atom. The van der Waals surface area contributed by atoms with Crippen LogP contribution < -0.4 is 0 Å². The van der Waals surface area contributed by atoms with E-state index >= 15 is 0 Å². The first-order chi connectivity index (χ1) is 16.4. The molecule has 0 aromatic carbocycles. The van der Waals surface area contributed by atoms with E-state index in [0.717, 1.165) is 20.3 Å². The normalized spacial score (nSPS) is 21.2. The van der Waals surface area contributed by atoms with Crippen molar-refractivity contribution in [2.24, 2.45) is 0 Å². The van der Waals surface area contributed by atoms with E-state index in [1.54, 1.807) is 0 Å². The Bertz CT molecular complexity index is 932. The Morgan fingerprint density at radius 3 is 1.17 bits per heavy atom. The lowest BCUT2D eigenvalue weighted by atomic mass is 9.85. The zero-order valence-electron chi connectivity index (χ0n) is 22.0. The summed E-state index contributed by atoms with van der Waals surface area (Å²) in [6.45, 7) is 12.4. The van der Waals surface area contributed by atoms with Gasteiger partial charge in [0.25, 0.3) is 0 Å². The molecule has 4 rings (SSSR count). The second-order valence-corrected chi connectivity index (χ2v) is 13.9. The molecule has 0 amide bonds. The molecule has 2 heterocycles. The maximum atomic E-state index is 13.2. The molecule has 0 spiro atoms. The van der Waals surface area contributed by atoms with Gasteiger partial charge >= 0.3 is 0 Å². The largest absolute Gasteiger partial charge is 0.266 e. The van der Waals surface area contributed by atoms with Gasteiger partial charge in [0.15, 0.2) is 0 Å². The van der Waals surface area contributed by atoms with Crippen molar-refractivity contribution >= 4 is 31.9 Å². The molecule has 2 aromatic heterocycles. The molecule has 2 aliphatic carbocycles. The highest BCUT2D eigenvalue weighted by Crippen LogP contribution is 2.43. The van der Waals surface area contributed by atoms with Gasteiger partial charge in [0.05, 0.1) is 31.4 Å². The van der Waals surface area contributed by atoms with Gasteiger partial charge in [0.1, 0.15) is 0 Å². The van der Waals surface area contributed by atoms with Gasteiger partial charge in [-0.2, -0.15) is 10.2 Å². The Balaban J connectivity index is 0.000000201. The Hall–Kier alpha value is -0.900. The van der Waals surface area contributed by atoms with Gasteiger partial charge in [-0.25, -0.2) is 17.6 Å². The predicted octanol–water partition coefficient (Wildman–Crippen LogP) is 9.39. The average molecular weight is 642 g/mol. The molecule has 36 heavy (non-hydrogen) atoms. The molecule has 2 saturated carbocycles. The average Bonchev–Trinajstić information content (AvgIpc) is 3.32. The highest BCUT2D eigenvalue weighted by atomic mass is 79.9. The zero-order chi connectivity index (χ0) is 27.1. The van der Waals surface area contributed by atoms with E-state index in [9.17, 15) is 17.6 Å². The van der Waals surface area contributed by atoms with Crippen molar-refractivity contribution in [3.8, 4) is 0 Å². The fourth-order valence-electron chi connectivity index (χ4n) is 4.60. The Kier molecular flexibility index (Phi) is 8.81. The zero-order valence-corrected chi connectivity index (χ0v) is 25.2. The highest BCUT2D eigenvalue weighted by molar-refractivity contribution is 9.10. The first kappa shape index (κ1) is 29.7. The van der Waals surface area contributed by atoms with Crippen LogP contribution in [-0.4, -0.2) is 31.4 Å². The van der Waals surface area contributed by atoms with Crippen molar-refractivity contribution < 1.29 is 17.6 Å². The van der Waals surface area contributed by atoms with Crippen molar-refractivity contribution in [2.45, 2.75) is 128 Å². The molecule has 204 valence electrons. The molecule has 0 radical (unpaired) electrons. The number of nitrogens with zero attached hydrogens (tertiary/aromatic N) is 4. The fraction of sp³-hybridized carbons (Fsp3) is 0.769. The van der Waals surface area contributed by atoms with Crippen LogP contribution >= 0.6 is 31.9 Å². The summed E-state index contributed by atoms with van der Waals surface area (Å²) in [5.41, 5.74) is 1.69. The molecule has 10 heteroatoms. The SMILES string of the molecule is CC(C)(C)n1cc(Br)c(C2CCC(F)(F)CC2)n1.CC(C)(C)n1cc(Br)c(C2CCC(F)(F)CC2)n1. The van der Waals surface area contributed by atoms with Crippen molar-refractivity contribution in [2.75, 3.05) is 0 Å². The highest BCUT2D eigenvalue weighted by Gasteiger charge is 2.38. The molecule has 0 saturated heterocycles. The van der Waals surface area contributed by atoms with Crippen LogP contribution in [-0.2, 0) is 11.1 Å². The third-order valence-electron chi connectivity index (χ3n) is 6.97.